The Labute approximate surface area is 102 Å². The second-order valence-corrected chi connectivity index (χ2v) is 4.10. The zero-order valence-electron chi connectivity index (χ0n) is 9.44. The molecule has 4 N–H and O–H groups in total. The molecule has 1 aliphatic rings. The van der Waals surface area contributed by atoms with E-state index in [-0.39, 0.29) is 5.82 Å². The highest BCUT2D eigenvalue weighted by Crippen LogP contribution is 2.33. The van der Waals surface area contributed by atoms with Crippen molar-refractivity contribution >= 4 is 5.82 Å². The Morgan fingerprint density at radius 3 is 2.83 bits per heavy atom. The summed E-state index contributed by atoms with van der Waals surface area (Å²) in [6.07, 6.45) is -1.83. The number of hydrogen-bond acceptors (Lipinski definition) is 6. The van der Waals surface area contributed by atoms with Crippen LogP contribution in [0.15, 0.2) is 17.1 Å². The molecule has 1 fully saturated rings. The van der Waals surface area contributed by atoms with Crippen LogP contribution in [0.25, 0.3) is 0 Å². The van der Waals surface area contributed by atoms with Crippen LogP contribution in [0.4, 0.5) is 10.2 Å². The van der Waals surface area contributed by atoms with Crippen molar-refractivity contribution in [3.63, 3.8) is 0 Å². The quantitative estimate of drug-likeness (QED) is 0.619. The molecule has 0 bridgehead atoms. The van der Waals surface area contributed by atoms with Crippen molar-refractivity contribution in [3.8, 4) is 0 Å². The van der Waals surface area contributed by atoms with E-state index in [2.05, 4.69) is 4.98 Å². The summed E-state index contributed by atoms with van der Waals surface area (Å²) in [6.45, 7) is -1.28. The van der Waals surface area contributed by atoms with Crippen molar-refractivity contribution in [3.05, 3.63) is 22.7 Å². The number of nitrogen functional groups attached to an aromatic ring is 1. The largest absolute Gasteiger partial charge is 0.394 e. The fourth-order valence-electron chi connectivity index (χ4n) is 2.01. The van der Waals surface area contributed by atoms with Gasteiger partial charge in [0.1, 0.15) is 11.9 Å². The third-order valence-electron chi connectivity index (χ3n) is 3.01. The molecule has 1 aliphatic heterocycles. The topological polar surface area (TPSA) is 111 Å². The zero-order chi connectivity index (χ0) is 13.3. The van der Waals surface area contributed by atoms with Crippen molar-refractivity contribution in [2.24, 2.45) is 5.92 Å². The van der Waals surface area contributed by atoms with Crippen LogP contribution in [0.1, 0.15) is 6.23 Å². The number of rotatable bonds is 3. The molecule has 0 aliphatic carbocycles. The molecule has 4 unspecified atom stereocenters. The molecule has 7 nitrogen and oxygen atoms in total. The summed E-state index contributed by atoms with van der Waals surface area (Å²) in [5.74, 6) is -0.825. The number of anilines is 1. The van der Waals surface area contributed by atoms with Crippen LogP contribution in [0.5, 0.6) is 0 Å². The van der Waals surface area contributed by atoms with Crippen LogP contribution in [0.3, 0.4) is 0 Å². The zero-order valence-corrected chi connectivity index (χ0v) is 9.44. The predicted octanol–water partition coefficient (Wildman–Crippen LogP) is -1.34. The lowest BCUT2D eigenvalue weighted by molar-refractivity contribution is -0.0535. The average Bonchev–Trinajstić information content (AvgIpc) is 2.66. The van der Waals surface area contributed by atoms with Crippen molar-refractivity contribution in [2.75, 3.05) is 19.0 Å². The standard InChI is InChI=1S/C10H14FN3O4/c11-3-5-6(4-15)18-9(8(5)16)14-2-1-7(12)13-10(14)17/h1-2,5-6,8-9,15-16H,3-4H2,(H2,12,13,17). The van der Waals surface area contributed by atoms with Crippen LogP contribution >= 0.6 is 0 Å². The van der Waals surface area contributed by atoms with Crippen molar-refractivity contribution in [2.45, 2.75) is 18.4 Å². The molecule has 2 heterocycles. The molecule has 18 heavy (non-hydrogen) atoms. The molecular formula is C10H14FN3O4. The molecule has 0 spiro atoms. The number of hydrogen-bond donors (Lipinski definition) is 3. The molecule has 2 rings (SSSR count). The van der Waals surface area contributed by atoms with Gasteiger partial charge in [-0.2, -0.15) is 4.98 Å². The minimum atomic E-state index is -1.23. The Kier molecular flexibility index (Phi) is 3.60. The first-order valence-corrected chi connectivity index (χ1v) is 5.43. The van der Waals surface area contributed by atoms with Gasteiger partial charge in [0.25, 0.3) is 0 Å². The monoisotopic (exact) mass is 259 g/mol. The molecule has 0 amide bonds. The van der Waals surface area contributed by atoms with Gasteiger partial charge in [-0.3, -0.25) is 8.96 Å². The number of nitrogens with two attached hydrogens (primary N) is 1. The SMILES string of the molecule is Nc1ccn(C2OC(CO)C(CF)C2O)c(=O)n1. The number of aliphatic hydroxyl groups excluding tert-OH is 2. The maximum Gasteiger partial charge on any atom is 0.351 e. The summed E-state index contributed by atoms with van der Waals surface area (Å²) in [6, 6.07) is 1.37. The van der Waals surface area contributed by atoms with Crippen molar-refractivity contribution in [1.29, 1.82) is 0 Å². The van der Waals surface area contributed by atoms with Gasteiger partial charge in [0.2, 0.25) is 0 Å². The molecule has 1 aromatic rings. The Balaban J connectivity index is 2.32. The van der Waals surface area contributed by atoms with E-state index >= 15 is 0 Å². The van der Waals surface area contributed by atoms with E-state index in [0.29, 0.717) is 0 Å². The Bertz CT molecular complexity index is 480. The fourth-order valence-corrected chi connectivity index (χ4v) is 2.01. The lowest BCUT2D eigenvalue weighted by Gasteiger charge is -2.17. The average molecular weight is 259 g/mol. The highest BCUT2D eigenvalue weighted by molar-refractivity contribution is 5.23. The first-order chi connectivity index (χ1) is 8.58. The van der Waals surface area contributed by atoms with E-state index in [4.69, 9.17) is 15.6 Å². The highest BCUT2D eigenvalue weighted by atomic mass is 19.1. The maximum absolute atomic E-state index is 12.8. The Morgan fingerprint density at radius 1 is 1.61 bits per heavy atom. The molecule has 0 radical (unpaired) electrons. The van der Waals surface area contributed by atoms with E-state index in [0.717, 1.165) is 4.57 Å². The summed E-state index contributed by atoms with van der Waals surface area (Å²) in [4.78, 5) is 15.1. The molecular weight excluding hydrogens is 245 g/mol. The molecule has 4 atom stereocenters. The number of nitrogens with zero attached hydrogens (tertiary/aromatic N) is 2. The van der Waals surface area contributed by atoms with Crippen molar-refractivity contribution < 1.29 is 19.3 Å². The van der Waals surface area contributed by atoms with Gasteiger partial charge in [-0.15, -0.1) is 0 Å². The van der Waals surface area contributed by atoms with E-state index < -0.39 is 43.3 Å². The third kappa shape index (κ3) is 2.09. The Hall–Kier alpha value is -1.51. The van der Waals surface area contributed by atoms with Crippen LogP contribution in [0.2, 0.25) is 0 Å². The Morgan fingerprint density at radius 2 is 2.33 bits per heavy atom. The minimum Gasteiger partial charge on any atom is -0.394 e. The summed E-state index contributed by atoms with van der Waals surface area (Å²) in [5.41, 5.74) is 4.64. The first kappa shape index (κ1) is 12.9. The second kappa shape index (κ2) is 5.01. The van der Waals surface area contributed by atoms with Crippen LogP contribution in [-0.2, 0) is 4.74 Å². The van der Waals surface area contributed by atoms with Gasteiger partial charge in [-0.1, -0.05) is 0 Å². The van der Waals surface area contributed by atoms with Crippen LogP contribution in [0, 0.1) is 5.92 Å². The summed E-state index contributed by atoms with van der Waals surface area (Å²) < 4.78 is 19.1. The van der Waals surface area contributed by atoms with Crippen LogP contribution in [-0.4, -0.2) is 45.3 Å². The maximum atomic E-state index is 12.8. The third-order valence-corrected chi connectivity index (χ3v) is 3.01. The number of aromatic nitrogens is 2. The first-order valence-electron chi connectivity index (χ1n) is 5.43. The number of aliphatic hydroxyl groups is 2. The molecule has 8 heteroatoms. The van der Waals surface area contributed by atoms with E-state index in [1.54, 1.807) is 0 Å². The molecule has 0 aromatic carbocycles. The number of ether oxygens (including phenoxy) is 1. The van der Waals surface area contributed by atoms with E-state index in [1.807, 2.05) is 0 Å². The van der Waals surface area contributed by atoms with Gasteiger partial charge in [0, 0.05) is 12.1 Å². The number of halogens is 1. The van der Waals surface area contributed by atoms with E-state index in [1.165, 1.54) is 12.3 Å². The van der Waals surface area contributed by atoms with Gasteiger partial charge in [-0.25, -0.2) is 4.79 Å². The predicted molar refractivity (Wildman–Crippen MR) is 59.4 cm³/mol. The van der Waals surface area contributed by atoms with Crippen molar-refractivity contribution in [1.82, 2.24) is 9.55 Å². The second-order valence-electron chi connectivity index (χ2n) is 4.10. The normalized spacial score (nSPS) is 31.7. The van der Waals surface area contributed by atoms with Crippen LogP contribution < -0.4 is 11.4 Å². The summed E-state index contributed by atoms with van der Waals surface area (Å²) >= 11 is 0. The van der Waals surface area contributed by atoms with Gasteiger partial charge in [-0.05, 0) is 6.07 Å². The van der Waals surface area contributed by atoms with Gasteiger partial charge < -0.3 is 20.7 Å². The van der Waals surface area contributed by atoms with Gasteiger partial charge in [0.15, 0.2) is 6.23 Å². The van der Waals surface area contributed by atoms with E-state index in [9.17, 15) is 14.3 Å². The molecule has 100 valence electrons. The smallest absolute Gasteiger partial charge is 0.351 e. The van der Waals surface area contributed by atoms with Gasteiger partial charge >= 0.3 is 5.69 Å². The summed E-state index contributed by atoms with van der Waals surface area (Å²) in [7, 11) is 0. The summed E-state index contributed by atoms with van der Waals surface area (Å²) in [5, 5.41) is 18.9. The minimum absolute atomic E-state index is 0.0458. The lowest BCUT2D eigenvalue weighted by Crippen LogP contribution is -2.34. The molecule has 1 saturated heterocycles. The van der Waals surface area contributed by atoms with Gasteiger partial charge in [0.05, 0.1) is 19.4 Å². The molecule has 1 aromatic heterocycles. The lowest BCUT2D eigenvalue weighted by atomic mass is 10.00. The molecule has 0 saturated carbocycles. The highest BCUT2D eigenvalue weighted by Gasteiger charge is 2.44. The number of alkyl halides is 1. The fraction of sp³-hybridized carbons (Fsp3) is 0.600.